The van der Waals surface area contributed by atoms with Gasteiger partial charge in [-0.2, -0.15) is 0 Å². The number of nitrogens with one attached hydrogen (secondary N) is 1. The molecule has 1 aromatic carbocycles. The summed E-state index contributed by atoms with van der Waals surface area (Å²) >= 11 is 0. The lowest BCUT2D eigenvalue weighted by molar-refractivity contribution is -0.114. The molecule has 16 heavy (non-hydrogen) atoms. The van der Waals surface area contributed by atoms with Crippen LogP contribution in [0.1, 0.15) is 25.1 Å². The highest BCUT2D eigenvalue weighted by atomic mass is 16.1. The Hall–Kier alpha value is -1.90. The van der Waals surface area contributed by atoms with Crippen molar-refractivity contribution in [1.29, 1.82) is 0 Å². The predicted molar refractivity (Wildman–Crippen MR) is 62.9 cm³/mol. The number of hydrogen-bond donors (Lipinski definition) is 1. The summed E-state index contributed by atoms with van der Waals surface area (Å²) in [6, 6.07) is 7.91. The van der Waals surface area contributed by atoms with Crippen molar-refractivity contribution in [3.8, 4) is 0 Å². The zero-order chi connectivity index (χ0) is 11.0. The van der Waals surface area contributed by atoms with Crippen LogP contribution in [0.15, 0.2) is 30.3 Å². The van der Waals surface area contributed by atoms with Crippen LogP contribution in [0.4, 0.5) is 0 Å². The first-order valence-electron chi connectivity index (χ1n) is 5.51. The normalized spacial score (nSPS) is 16.5. The average molecular weight is 212 g/mol. The van der Waals surface area contributed by atoms with Crippen LogP contribution in [0.5, 0.6) is 0 Å². The molecular formula is C13H12N2O. The molecule has 0 atom stereocenters. The second-order valence-corrected chi connectivity index (χ2v) is 4.09. The van der Waals surface area contributed by atoms with Gasteiger partial charge in [0.15, 0.2) is 5.78 Å². The Morgan fingerprint density at radius 3 is 2.88 bits per heavy atom. The highest BCUT2D eigenvalue weighted by Crippen LogP contribution is 2.24. The van der Waals surface area contributed by atoms with Gasteiger partial charge in [-0.3, -0.25) is 4.79 Å². The van der Waals surface area contributed by atoms with Gasteiger partial charge in [-0.1, -0.05) is 12.1 Å². The highest BCUT2D eigenvalue weighted by Gasteiger charge is 2.14. The van der Waals surface area contributed by atoms with E-state index in [2.05, 4.69) is 9.97 Å². The van der Waals surface area contributed by atoms with Gasteiger partial charge in [0.25, 0.3) is 0 Å². The first kappa shape index (κ1) is 9.33. The number of carbonyl (C=O) groups is 1. The molecule has 3 heteroatoms. The molecule has 0 saturated carbocycles. The third-order valence-electron chi connectivity index (χ3n) is 2.90. The first-order valence-corrected chi connectivity index (χ1v) is 5.51. The third-order valence-corrected chi connectivity index (χ3v) is 2.90. The maximum absolute atomic E-state index is 11.3. The van der Waals surface area contributed by atoms with Gasteiger partial charge in [0, 0.05) is 6.42 Å². The summed E-state index contributed by atoms with van der Waals surface area (Å²) in [7, 11) is 0. The summed E-state index contributed by atoms with van der Waals surface area (Å²) < 4.78 is 0. The second-order valence-electron chi connectivity index (χ2n) is 4.09. The minimum absolute atomic E-state index is 0.210. The summed E-state index contributed by atoms with van der Waals surface area (Å²) in [5.41, 5.74) is 3.01. The van der Waals surface area contributed by atoms with Crippen molar-refractivity contribution in [3.63, 3.8) is 0 Å². The Bertz CT molecular complexity index is 547. The van der Waals surface area contributed by atoms with Crippen molar-refractivity contribution in [1.82, 2.24) is 9.97 Å². The molecule has 0 fully saturated rings. The molecule has 0 aliphatic heterocycles. The molecule has 0 saturated heterocycles. The molecule has 1 aliphatic rings. The number of hydrogen-bond acceptors (Lipinski definition) is 2. The van der Waals surface area contributed by atoms with E-state index >= 15 is 0 Å². The fourth-order valence-corrected chi connectivity index (χ4v) is 2.08. The zero-order valence-electron chi connectivity index (χ0n) is 8.86. The van der Waals surface area contributed by atoms with Crippen molar-refractivity contribution in [3.05, 3.63) is 36.2 Å². The summed E-state index contributed by atoms with van der Waals surface area (Å²) in [6.07, 6.45) is 4.26. The van der Waals surface area contributed by atoms with Gasteiger partial charge >= 0.3 is 0 Å². The number of rotatable bonds is 1. The Morgan fingerprint density at radius 1 is 1.19 bits per heavy atom. The van der Waals surface area contributed by atoms with E-state index in [0.29, 0.717) is 6.42 Å². The average Bonchev–Trinajstić information content (AvgIpc) is 2.72. The van der Waals surface area contributed by atoms with E-state index in [1.54, 1.807) is 6.08 Å². The Morgan fingerprint density at radius 2 is 2.06 bits per heavy atom. The van der Waals surface area contributed by atoms with Crippen LogP contribution in [0.25, 0.3) is 16.6 Å². The van der Waals surface area contributed by atoms with Gasteiger partial charge in [-0.25, -0.2) is 4.98 Å². The molecule has 0 radical (unpaired) electrons. The molecule has 80 valence electrons. The number of ketones is 1. The predicted octanol–water partition coefficient (Wildman–Crippen LogP) is 2.70. The van der Waals surface area contributed by atoms with Crippen LogP contribution in [0.3, 0.4) is 0 Å². The maximum atomic E-state index is 11.3. The Kier molecular flexibility index (Phi) is 2.10. The molecule has 1 N–H and O–H groups in total. The number of benzene rings is 1. The van der Waals surface area contributed by atoms with Crippen LogP contribution in [-0.4, -0.2) is 15.8 Å². The smallest absolute Gasteiger partial charge is 0.156 e. The quantitative estimate of drug-likeness (QED) is 0.789. The molecule has 3 rings (SSSR count). The van der Waals surface area contributed by atoms with E-state index in [4.69, 9.17) is 0 Å². The van der Waals surface area contributed by atoms with Crippen molar-refractivity contribution in [2.75, 3.05) is 0 Å². The van der Waals surface area contributed by atoms with Crippen molar-refractivity contribution in [2.24, 2.45) is 0 Å². The van der Waals surface area contributed by atoms with E-state index < -0.39 is 0 Å². The number of imidazole rings is 1. The van der Waals surface area contributed by atoms with Gasteiger partial charge < -0.3 is 4.98 Å². The monoisotopic (exact) mass is 212 g/mol. The van der Waals surface area contributed by atoms with Gasteiger partial charge in [-0.05, 0) is 36.6 Å². The van der Waals surface area contributed by atoms with E-state index in [1.807, 2.05) is 24.3 Å². The summed E-state index contributed by atoms with van der Waals surface area (Å²) in [4.78, 5) is 19.1. The highest BCUT2D eigenvalue weighted by molar-refractivity contribution is 5.98. The molecule has 0 unspecified atom stereocenters. The van der Waals surface area contributed by atoms with Crippen LogP contribution < -0.4 is 0 Å². The summed E-state index contributed by atoms with van der Waals surface area (Å²) in [5.74, 6) is 1.05. The van der Waals surface area contributed by atoms with Crippen LogP contribution in [0.2, 0.25) is 0 Å². The fourth-order valence-electron chi connectivity index (χ4n) is 2.08. The fraction of sp³-hybridized carbons (Fsp3) is 0.231. The molecule has 0 amide bonds. The molecule has 0 bridgehead atoms. The lowest BCUT2D eigenvalue weighted by Gasteiger charge is -2.08. The van der Waals surface area contributed by atoms with Crippen molar-refractivity contribution in [2.45, 2.75) is 19.3 Å². The minimum Gasteiger partial charge on any atom is -0.338 e. The number of allylic oxidation sites excluding steroid dienone is 2. The third kappa shape index (κ3) is 1.54. The number of para-hydroxylation sites is 2. The zero-order valence-corrected chi connectivity index (χ0v) is 8.86. The van der Waals surface area contributed by atoms with Crippen LogP contribution in [0, 0.1) is 0 Å². The molecule has 3 nitrogen and oxygen atoms in total. The van der Waals surface area contributed by atoms with E-state index in [0.717, 1.165) is 35.3 Å². The molecule has 0 spiro atoms. The second kappa shape index (κ2) is 3.59. The minimum atomic E-state index is 0.210. The SMILES string of the molecule is O=C1C=C(c2nc3ccccc3[nH]2)CCC1. The van der Waals surface area contributed by atoms with Crippen molar-refractivity contribution >= 4 is 22.4 Å². The number of carbonyl (C=O) groups excluding carboxylic acids is 1. The topological polar surface area (TPSA) is 45.8 Å². The first-order chi connectivity index (χ1) is 7.83. The summed E-state index contributed by atoms with van der Waals surface area (Å²) in [6.45, 7) is 0. The number of aromatic amines is 1. The number of aromatic nitrogens is 2. The molecule has 1 aliphatic carbocycles. The van der Waals surface area contributed by atoms with Gasteiger partial charge in [0.1, 0.15) is 5.82 Å². The van der Waals surface area contributed by atoms with Gasteiger partial charge in [0.2, 0.25) is 0 Å². The molecule has 1 heterocycles. The molecule has 2 aromatic rings. The lowest BCUT2D eigenvalue weighted by atomic mass is 9.98. The van der Waals surface area contributed by atoms with Crippen molar-refractivity contribution < 1.29 is 4.79 Å². The number of fused-ring (bicyclic) bond motifs is 1. The maximum Gasteiger partial charge on any atom is 0.156 e. The lowest BCUT2D eigenvalue weighted by Crippen LogP contribution is -2.02. The van der Waals surface area contributed by atoms with Crippen LogP contribution in [-0.2, 0) is 4.79 Å². The largest absolute Gasteiger partial charge is 0.338 e. The van der Waals surface area contributed by atoms with Gasteiger partial charge in [-0.15, -0.1) is 0 Å². The van der Waals surface area contributed by atoms with E-state index in [-0.39, 0.29) is 5.78 Å². The van der Waals surface area contributed by atoms with Crippen LogP contribution >= 0.6 is 0 Å². The Balaban J connectivity index is 2.09. The number of nitrogens with zero attached hydrogens (tertiary/aromatic N) is 1. The van der Waals surface area contributed by atoms with Gasteiger partial charge in [0.05, 0.1) is 11.0 Å². The molecular weight excluding hydrogens is 200 g/mol. The van der Waals surface area contributed by atoms with E-state index in [1.165, 1.54) is 0 Å². The Labute approximate surface area is 93.2 Å². The standard InChI is InChI=1S/C13H12N2O/c16-10-5-3-4-9(8-10)13-14-11-6-1-2-7-12(11)15-13/h1-2,6-8H,3-5H2,(H,14,15). The van der Waals surface area contributed by atoms with E-state index in [9.17, 15) is 4.79 Å². The molecule has 1 aromatic heterocycles. The number of H-pyrrole nitrogens is 1. The summed E-state index contributed by atoms with van der Waals surface area (Å²) in [5, 5.41) is 0.